The number of aryl methyl sites for hydroxylation is 1. The SMILES string of the molecule is CSC1(C(N)=S)CCN(C(=O)c2cc(C)on2)CC1. The van der Waals surface area contributed by atoms with Gasteiger partial charge in [-0.1, -0.05) is 17.4 Å². The molecule has 2 heterocycles. The predicted octanol–water partition coefficient (Wildman–Crippen LogP) is 1.61. The minimum atomic E-state index is -0.175. The summed E-state index contributed by atoms with van der Waals surface area (Å²) in [6.45, 7) is 3.05. The van der Waals surface area contributed by atoms with Gasteiger partial charge in [-0.2, -0.15) is 11.8 Å². The highest BCUT2D eigenvalue weighted by Gasteiger charge is 2.38. The number of nitrogens with two attached hydrogens (primary N) is 1. The summed E-state index contributed by atoms with van der Waals surface area (Å²) < 4.78 is 4.76. The maximum Gasteiger partial charge on any atom is 0.276 e. The topological polar surface area (TPSA) is 72.4 Å². The molecule has 0 aromatic carbocycles. The average Bonchev–Trinajstić information content (AvgIpc) is 2.84. The molecule has 0 radical (unpaired) electrons. The number of thioether (sulfide) groups is 1. The Hall–Kier alpha value is -1.08. The molecule has 0 unspecified atom stereocenters. The number of aromatic nitrogens is 1. The van der Waals surface area contributed by atoms with Crippen LogP contribution in [0.4, 0.5) is 0 Å². The third-order valence-electron chi connectivity index (χ3n) is 3.55. The van der Waals surface area contributed by atoms with Crippen LogP contribution in [0.1, 0.15) is 29.1 Å². The first-order valence-electron chi connectivity index (χ1n) is 6.06. The van der Waals surface area contributed by atoms with Gasteiger partial charge in [0.15, 0.2) is 5.69 Å². The number of carbonyl (C=O) groups is 1. The lowest BCUT2D eigenvalue weighted by Crippen LogP contribution is -2.50. The number of likely N-dealkylation sites (tertiary alicyclic amines) is 1. The zero-order valence-electron chi connectivity index (χ0n) is 11.0. The molecule has 1 aliphatic heterocycles. The van der Waals surface area contributed by atoms with Crippen LogP contribution in [0.2, 0.25) is 0 Å². The number of rotatable bonds is 3. The molecule has 1 saturated heterocycles. The van der Waals surface area contributed by atoms with E-state index in [2.05, 4.69) is 5.16 Å². The van der Waals surface area contributed by atoms with E-state index in [9.17, 15) is 4.79 Å². The number of hydrogen-bond donors (Lipinski definition) is 1. The smallest absolute Gasteiger partial charge is 0.276 e. The Bertz CT molecular complexity index is 493. The molecule has 1 aromatic rings. The predicted molar refractivity (Wildman–Crippen MR) is 79.4 cm³/mol. The average molecular weight is 299 g/mol. The van der Waals surface area contributed by atoms with Gasteiger partial charge in [-0.25, -0.2) is 0 Å². The van der Waals surface area contributed by atoms with Crippen molar-refractivity contribution < 1.29 is 9.32 Å². The van der Waals surface area contributed by atoms with E-state index in [1.165, 1.54) is 0 Å². The molecule has 0 spiro atoms. The van der Waals surface area contributed by atoms with Crippen LogP contribution in [0.15, 0.2) is 10.6 Å². The van der Waals surface area contributed by atoms with Crippen LogP contribution in [0.25, 0.3) is 0 Å². The lowest BCUT2D eigenvalue weighted by molar-refractivity contribution is 0.0708. The first kappa shape index (κ1) is 14.3. The fraction of sp³-hybridized carbons (Fsp3) is 0.583. The van der Waals surface area contributed by atoms with Crippen LogP contribution in [-0.2, 0) is 0 Å². The van der Waals surface area contributed by atoms with Crippen molar-refractivity contribution in [2.24, 2.45) is 5.73 Å². The number of nitrogens with zero attached hydrogens (tertiary/aromatic N) is 2. The fourth-order valence-electron chi connectivity index (χ4n) is 2.25. The van der Waals surface area contributed by atoms with E-state index in [0.717, 1.165) is 12.8 Å². The highest BCUT2D eigenvalue weighted by atomic mass is 32.2. The fourth-order valence-corrected chi connectivity index (χ4v) is 3.50. The molecule has 0 bridgehead atoms. The standard InChI is InChI=1S/C12H17N3O2S2/c1-8-7-9(14-17-8)10(16)15-5-3-12(19-2,4-6-15)11(13)18/h7H,3-6H2,1-2H3,(H2,13,18). The van der Waals surface area contributed by atoms with Crippen molar-refractivity contribution in [3.63, 3.8) is 0 Å². The van der Waals surface area contributed by atoms with Crippen LogP contribution >= 0.6 is 24.0 Å². The minimum Gasteiger partial charge on any atom is -0.392 e. The minimum absolute atomic E-state index is 0.0884. The highest BCUT2D eigenvalue weighted by molar-refractivity contribution is 8.02. The molecule has 1 amide bonds. The van der Waals surface area contributed by atoms with E-state index in [1.807, 2.05) is 6.26 Å². The van der Waals surface area contributed by atoms with E-state index in [4.69, 9.17) is 22.5 Å². The summed E-state index contributed by atoms with van der Waals surface area (Å²) in [5.41, 5.74) is 6.19. The zero-order chi connectivity index (χ0) is 14.0. The molecule has 1 fully saturated rings. The third-order valence-corrected chi connectivity index (χ3v) is 5.47. The largest absolute Gasteiger partial charge is 0.392 e. The van der Waals surface area contributed by atoms with Gasteiger partial charge >= 0.3 is 0 Å². The second kappa shape index (κ2) is 5.50. The van der Waals surface area contributed by atoms with Crippen LogP contribution in [0.3, 0.4) is 0 Å². The van der Waals surface area contributed by atoms with Gasteiger partial charge in [0.1, 0.15) is 5.76 Å². The van der Waals surface area contributed by atoms with Gasteiger partial charge in [-0.15, -0.1) is 0 Å². The maximum absolute atomic E-state index is 12.2. The van der Waals surface area contributed by atoms with Gasteiger partial charge in [0.25, 0.3) is 5.91 Å². The summed E-state index contributed by atoms with van der Waals surface area (Å²) >= 11 is 6.83. The Morgan fingerprint density at radius 1 is 1.58 bits per heavy atom. The molecule has 7 heteroatoms. The summed E-state index contributed by atoms with van der Waals surface area (Å²) in [7, 11) is 0. The molecular weight excluding hydrogens is 282 g/mol. The quantitative estimate of drug-likeness (QED) is 0.855. The van der Waals surface area contributed by atoms with Crippen LogP contribution < -0.4 is 5.73 Å². The Balaban J connectivity index is 2.04. The molecular formula is C12H17N3O2S2. The van der Waals surface area contributed by atoms with Crippen LogP contribution in [0.5, 0.6) is 0 Å². The van der Waals surface area contributed by atoms with Crippen molar-refractivity contribution in [3.8, 4) is 0 Å². The van der Waals surface area contributed by atoms with Gasteiger partial charge in [-0.05, 0) is 26.0 Å². The van der Waals surface area contributed by atoms with Gasteiger partial charge in [0.05, 0.1) is 9.74 Å². The second-order valence-electron chi connectivity index (χ2n) is 4.68. The number of carbonyl (C=O) groups excluding carboxylic acids is 1. The molecule has 0 atom stereocenters. The van der Waals surface area contributed by atoms with Gasteiger partial charge in [0.2, 0.25) is 0 Å². The van der Waals surface area contributed by atoms with Crippen LogP contribution in [0, 0.1) is 6.92 Å². The first-order chi connectivity index (χ1) is 8.98. The molecule has 1 aliphatic rings. The Morgan fingerprint density at radius 3 is 2.63 bits per heavy atom. The summed E-state index contributed by atoms with van der Waals surface area (Å²) in [6.07, 6.45) is 3.58. The second-order valence-corrected chi connectivity index (χ2v) is 6.31. The van der Waals surface area contributed by atoms with Crippen molar-refractivity contribution >= 4 is 34.9 Å². The monoisotopic (exact) mass is 299 g/mol. The van der Waals surface area contributed by atoms with Gasteiger partial charge in [-0.3, -0.25) is 4.79 Å². The van der Waals surface area contributed by atoms with Gasteiger partial charge < -0.3 is 15.2 Å². The summed E-state index contributed by atoms with van der Waals surface area (Å²) in [6, 6.07) is 1.66. The number of hydrogen-bond acceptors (Lipinski definition) is 5. The molecule has 104 valence electrons. The van der Waals surface area contributed by atoms with E-state index in [-0.39, 0.29) is 10.7 Å². The van der Waals surface area contributed by atoms with Crippen molar-refractivity contribution in [1.82, 2.24) is 10.1 Å². The number of amides is 1. The first-order valence-corrected chi connectivity index (χ1v) is 7.69. The summed E-state index contributed by atoms with van der Waals surface area (Å²) in [5.74, 6) is 0.552. The highest BCUT2D eigenvalue weighted by Crippen LogP contribution is 2.35. The Labute approximate surface area is 121 Å². The van der Waals surface area contributed by atoms with E-state index in [1.54, 1.807) is 29.7 Å². The molecule has 1 aromatic heterocycles. The Morgan fingerprint density at radius 2 is 2.21 bits per heavy atom. The third kappa shape index (κ3) is 2.76. The number of thiocarbonyl (C=S) groups is 1. The maximum atomic E-state index is 12.2. The van der Waals surface area contributed by atoms with E-state index in [0.29, 0.717) is 29.5 Å². The van der Waals surface area contributed by atoms with Crippen molar-refractivity contribution in [2.75, 3.05) is 19.3 Å². The molecule has 5 nitrogen and oxygen atoms in total. The zero-order valence-corrected chi connectivity index (χ0v) is 12.6. The van der Waals surface area contributed by atoms with Crippen molar-refractivity contribution in [1.29, 1.82) is 0 Å². The molecule has 19 heavy (non-hydrogen) atoms. The summed E-state index contributed by atoms with van der Waals surface area (Å²) in [5, 5.41) is 3.76. The molecule has 2 rings (SSSR count). The Kier molecular flexibility index (Phi) is 4.15. The van der Waals surface area contributed by atoms with E-state index >= 15 is 0 Å². The van der Waals surface area contributed by atoms with E-state index < -0.39 is 0 Å². The normalized spacial score (nSPS) is 18.3. The van der Waals surface area contributed by atoms with Gasteiger partial charge in [0, 0.05) is 19.2 Å². The van der Waals surface area contributed by atoms with Crippen molar-refractivity contribution in [3.05, 3.63) is 17.5 Å². The lowest BCUT2D eigenvalue weighted by Gasteiger charge is -2.39. The van der Waals surface area contributed by atoms with Crippen molar-refractivity contribution in [2.45, 2.75) is 24.5 Å². The summed E-state index contributed by atoms with van der Waals surface area (Å²) in [4.78, 5) is 14.5. The lowest BCUT2D eigenvalue weighted by atomic mass is 9.95. The van der Waals surface area contributed by atoms with Crippen LogP contribution in [-0.4, -0.2) is 45.0 Å². The molecule has 2 N–H and O–H groups in total. The molecule has 0 aliphatic carbocycles. The molecule has 0 saturated carbocycles. The number of piperidine rings is 1.